The maximum Gasteiger partial charge on any atom is 0.0956 e. The van der Waals surface area contributed by atoms with Crippen molar-refractivity contribution >= 4 is 11.3 Å². The van der Waals surface area contributed by atoms with Crippen molar-refractivity contribution in [2.24, 2.45) is 0 Å². The lowest BCUT2D eigenvalue weighted by Gasteiger charge is -2.10. The van der Waals surface area contributed by atoms with E-state index < -0.39 is 0 Å². The quantitative estimate of drug-likeness (QED) is 0.664. The molecule has 0 saturated heterocycles. The van der Waals surface area contributed by atoms with Gasteiger partial charge in [-0.25, -0.2) is 4.98 Å². The van der Waals surface area contributed by atoms with Crippen LogP contribution in [0.25, 0.3) is 0 Å². The summed E-state index contributed by atoms with van der Waals surface area (Å²) in [4.78, 5) is 4.43. The van der Waals surface area contributed by atoms with E-state index >= 15 is 0 Å². The predicted molar refractivity (Wildman–Crippen MR) is 61.7 cm³/mol. The van der Waals surface area contributed by atoms with Crippen LogP contribution in [0.2, 0.25) is 0 Å². The van der Waals surface area contributed by atoms with Crippen LogP contribution in [0.1, 0.15) is 50.0 Å². The van der Waals surface area contributed by atoms with Gasteiger partial charge in [-0.05, 0) is 32.1 Å². The van der Waals surface area contributed by atoms with Gasteiger partial charge in [-0.3, -0.25) is 0 Å². The van der Waals surface area contributed by atoms with Gasteiger partial charge in [0.2, 0.25) is 0 Å². The summed E-state index contributed by atoms with van der Waals surface area (Å²) in [6.07, 6.45) is 10.7. The van der Waals surface area contributed by atoms with E-state index in [1.54, 1.807) is 5.57 Å². The standard InChI is InChI=1S/C12H17NS/c1-2-10-4-3-5-11(7-6-10)12-13-8-9-14-12/h4,8-9,11H,2-3,5-7H2,1H3. The molecule has 0 aromatic carbocycles. The highest BCUT2D eigenvalue weighted by molar-refractivity contribution is 7.09. The number of allylic oxidation sites excluding steroid dienone is 2. The van der Waals surface area contributed by atoms with E-state index in [9.17, 15) is 0 Å². The normalized spacial score (nSPS) is 22.9. The van der Waals surface area contributed by atoms with E-state index in [0.717, 1.165) is 5.92 Å². The molecule has 0 aliphatic heterocycles. The Hall–Kier alpha value is -0.630. The first-order valence-electron chi connectivity index (χ1n) is 5.47. The third kappa shape index (κ3) is 2.24. The molecule has 1 aromatic rings. The Morgan fingerprint density at radius 1 is 1.50 bits per heavy atom. The average molecular weight is 207 g/mol. The van der Waals surface area contributed by atoms with E-state index in [0.29, 0.717) is 0 Å². The minimum atomic E-state index is 0.718. The minimum absolute atomic E-state index is 0.718. The zero-order valence-electron chi connectivity index (χ0n) is 8.70. The van der Waals surface area contributed by atoms with Gasteiger partial charge in [0.05, 0.1) is 5.01 Å². The van der Waals surface area contributed by atoms with Crippen molar-refractivity contribution in [1.29, 1.82) is 0 Å². The Morgan fingerprint density at radius 2 is 2.43 bits per heavy atom. The van der Waals surface area contributed by atoms with Crippen LogP contribution in [0.5, 0.6) is 0 Å². The van der Waals surface area contributed by atoms with Crippen molar-refractivity contribution in [2.75, 3.05) is 0 Å². The van der Waals surface area contributed by atoms with E-state index in [4.69, 9.17) is 0 Å². The zero-order chi connectivity index (χ0) is 9.80. The third-order valence-electron chi connectivity index (χ3n) is 3.02. The summed E-state index contributed by atoms with van der Waals surface area (Å²) in [5.41, 5.74) is 1.64. The fourth-order valence-corrected chi connectivity index (χ4v) is 2.91. The molecular weight excluding hydrogens is 190 g/mol. The number of thiazole rings is 1. The van der Waals surface area contributed by atoms with Crippen molar-refractivity contribution in [3.63, 3.8) is 0 Å². The van der Waals surface area contributed by atoms with Gasteiger partial charge in [-0.2, -0.15) is 0 Å². The van der Waals surface area contributed by atoms with E-state index in [2.05, 4.69) is 23.4 Å². The largest absolute Gasteiger partial charge is 0.249 e. The Bertz CT molecular complexity index is 300. The summed E-state index contributed by atoms with van der Waals surface area (Å²) in [6, 6.07) is 0. The van der Waals surface area contributed by atoms with Gasteiger partial charge in [0, 0.05) is 17.5 Å². The van der Waals surface area contributed by atoms with Crippen LogP contribution in [0, 0.1) is 0 Å². The van der Waals surface area contributed by atoms with Crippen LogP contribution in [0.15, 0.2) is 23.2 Å². The minimum Gasteiger partial charge on any atom is -0.249 e. The van der Waals surface area contributed by atoms with Crippen LogP contribution in [0.4, 0.5) is 0 Å². The van der Waals surface area contributed by atoms with E-state index in [1.807, 2.05) is 17.5 Å². The topological polar surface area (TPSA) is 12.9 Å². The average Bonchev–Trinajstić information content (AvgIpc) is 2.63. The van der Waals surface area contributed by atoms with Gasteiger partial charge in [0.25, 0.3) is 0 Å². The summed E-state index contributed by atoms with van der Waals surface area (Å²) < 4.78 is 0. The van der Waals surface area contributed by atoms with Crippen LogP contribution in [0.3, 0.4) is 0 Å². The summed E-state index contributed by atoms with van der Waals surface area (Å²) >= 11 is 1.81. The molecule has 0 bridgehead atoms. The molecule has 2 rings (SSSR count). The van der Waals surface area contributed by atoms with Gasteiger partial charge in [0.1, 0.15) is 0 Å². The molecule has 0 spiro atoms. The number of nitrogens with zero attached hydrogens (tertiary/aromatic N) is 1. The summed E-state index contributed by atoms with van der Waals surface area (Å²) in [5, 5.41) is 3.43. The van der Waals surface area contributed by atoms with Gasteiger partial charge in [-0.1, -0.05) is 18.6 Å². The molecule has 1 heterocycles. The predicted octanol–water partition coefficient (Wildman–Crippen LogP) is 4.14. The van der Waals surface area contributed by atoms with Gasteiger partial charge in [0.15, 0.2) is 0 Å². The molecule has 0 amide bonds. The highest BCUT2D eigenvalue weighted by Gasteiger charge is 2.16. The van der Waals surface area contributed by atoms with E-state index in [1.165, 1.54) is 37.1 Å². The lowest BCUT2D eigenvalue weighted by Crippen LogP contribution is -1.96. The summed E-state index contributed by atoms with van der Waals surface area (Å²) in [5.74, 6) is 0.718. The first-order valence-corrected chi connectivity index (χ1v) is 6.35. The van der Waals surface area contributed by atoms with Gasteiger partial charge >= 0.3 is 0 Å². The monoisotopic (exact) mass is 207 g/mol. The Kier molecular flexibility index (Phi) is 3.35. The molecule has 1 aliphatic rings. The number of hydrogen-bond donors (Lipinski definition) is 0. The first kappa shape index (κ1) is 9.91. The molecule has 1 aromatic heterocycles. The van der Waals surface area contributed by atoms with Crippen LogP contribution < -0.4 is 0 Å². The molecule has 1 atom stereocenters. The first-order chi connectivity index (χ1) is 6.90. The van der Waals surface area contributed by atoms with Crippen molar-refractivity contribution in [2.45, 2.75) is 44.9 Å². The molecule has 76 valence electrons. The Labute approximate surface area is 89.9 Å². The van der Waals surface area contributed by atoms with Crippen LogP contribution >= 0.6 is 11.3 Å². The smallest absolute Gasteiger partial charge is 0.0956 e. The van der Waals surface area contributed by atoms with Crippen molar-refractivity contribution in [3.05, 3.63) is 28.2 Å². The molecule has 1 nitrogen and oxygen atoms in total. The number of rotatable bonds is 2. The second kappa shape index (κ2) is 4.74. The molecular formula is C12H17NS. The van der Waals surface area contributed by atoms with Crippen molar-refractivity contribution in [1.82, 2.24) is 4.98 Å². The molecule has 2 heteroatoms. The fraction of sp³-hybridized carbons (Fsp3) is 0.583. The number of hydrogen-bond acceptors (Lipinski definition) is 2. The van der Waals surface area contributed by atoms with Gasteiger partial charge < -0.3 is 0 Å². The zero-order valence-corrected chi connectivity index (χ0v) is 9.52. The Morgan fingerprint density at radius 3 is 3.14 bits per heavy atom. The lowest BCUT2D eigenvalue weighted by molar-refractivity contribution is 0.593. The number of aromatic nitrogens is 1. The van der Waals surface area contributed by atoms with E-state index in [-0.39, 0.29) is 0 Å². The molecule has 0 saturated carbocycles. The molecule has 1 aliphatic carbocycles. The summed E-state index contributed by atoms with van der Waals surface area (Å²) in [7, 11) is 0. The van der Waals surface area contributed by atoms with Crippen LogP contribution in [-0.4, -0.2) is 4.98 Å². The molecule has 0 radical (unpaired) electrons. The molecule has 14 heavy (non-hydrogen) atoms. The highest BCUT2D eigenvalue weighted by Crippen LogP contribution is 2.32. The lowest BCUT2D eigenvalue weighted by atomic mass is 9.99. The maximum absolute atomic E-state index is 4.43. The van der Waals surface area contributed by atoms with Crippen molar-refractivity contribution in [3.8, 4) is 0 Å². The SMILES string of the molecule is CCC1=CCCC(c2nccs2)CC1. The Balaban J connectivity index is 2.00. The second-order valence-corrected chi connectivity index (χ2v) is 4.83. The van der Waals surface area contributed by atoms with Gasteiger partial charge in [-0.15, -0.1) is 11.3 Å². The van der Waals surface area contributed by atoms with Crippen molar-refractivity contribution < 1.29 is 0 Å². The fourth-order valence-electron chi connectivity index (χ4n) is 2.10. The highest BCUT2D eigenvalue weighted by atomic mass is 32.1. The van der Waals surface area contributed by atoms with Crippen LogP contribution in [-0.2, 0) is 0 Å². The molecule has 1 unspecified atom stereocenters. The second-order valence-electron chi connectivity index (χ2n) is 3.90. The maximum atomic E-state index is 4.43. The summed E-state index contributed by atoms with van der Waals surface area (Å²) in [6.45, 7) is 2.26. The third-order valence-corrected chi connectivity index (χ3v) is 3.95. The molecule has 0 fully saturated rings. The molecule has 0 N–H and O–H groups in total.